The monoisotopic (exact) mass is 303 g/mol. The summed E-state index contributed by atoms with van der Waals surface area (Å²) in [5.74, 6) is -1.16. The van der Waals surface area contributed by atoms with Crippen LogP contribution in [0.5, 0.6) is 0 Å². The lowest BCUT2D eigenvalue weighted by molar-refractivity contribution is -0.146. The summed E-state index contributed by atoms with van der Waals surface area (Å²) in [4.78, 5) is 0.0478. The van der Waals surface area contributed by atoms with Crippen LogP contribution < -0.4 is 5.73 Å². The molecule has 2 N–H and O–H groups in total. The number of alkyl halides is 3. The highest BCUT2D eigenvalue weighted by molar-refractivity contribution is 7.16. The molecular weight excluding hydrogens is 295 g/mol. The van der Waals surface area contributed by atoms with Crippen molar-refractivity contribution in [2.45, 2.75) is 12.2 Å². The van der Waals surface area contributed by atoms with E-state index in [1.165, 1.54) is 6.20 Å². The topological polar surface area (TPSA) is 86.9 Å². The quantitative estimate of drug-likeness (QED) is 0.763. The molecule has 0 aromatic carbocycles. The van der Waals surface area contributed by atoms with Gasteiger partial charge in [0, 0.05) is 18.8 Å². The SMILES string of the molecule is Cn1cc(C(N)c2nn3c(C(F)(F)F)nnc3s2)cn1. The zero-order chi connectivity index (χ0) is 14.5. The molecule has 106 valence electrons. The number of aromatic nitrogens is 6. The van der Waals surface area contributed by atoms with Crippen molar-refractivity contribution in [1.29, 1.82) is 0 Å². The zero-order valence-corrected chi connectivity index (χ0v) is 10.9. The Morgan fingerprint density at radius 2 is 2.10 bits per heavy atom. The van der Waals surface area contributed by atoms with Crippen molar-refractivity contribution >= 4 is 16.3 Å². The van der Waals surface area contributed by atoms with Gasteiger partial charge >= 0.3 is 6.18 Å². The third-order valence-corrected chi connectivity index (χ3v) is 3.59. The number of halogens is 3. The lowest BCUT2D eigenvalue weighted by Gasteiger charge is -2.04. The average Bonchev–Trinajstić information content (AvgIpc) is 2.99. The minimum absolute atomic E-state index is 0.0478. The molecule has 1 unspecified atom stereocenters. The molecule has 0 amide bonds. The first-order chi connectivity index (χ1) is 9.36. The van der Waals surface area contributed by atoms with Crippen LogP contribution in [0, 0.1) is 0 Å². The predicted octanol–water partition coefficient (Wildman–Crippen LogP) is 0.986. The average molecular weight is 303 g/mol. The van der Waals surface area contributed by atoms with Crippen molar-refractivity contribution in [3.63, 3.8) is 0 Å². The summed E-state index contributed by atoms with van der Waals surface area (Å²) in [5, 5.41) is 14.7. The molecule has 0 aliphatic rings. The Kier molecular flexibility index (Phi) is 2.76. The van der Waals surface area contributed by atoms with Gasteiger partial charge in [-0.3, -0.25) is 4.68 Å². The molecular formula is C9H8F3N7S. The molecule has 11 heteroatoms. The standard InChI is InChI=1S/C9H8F3N7S/c1-18-3-4(2-14-18)5(13)6-17-19-7(9(10,11)12)15-16-8(19)20-6/h2-3,5H,13H2,1H3. The Hall–Kier alpha value is -2.01. The molecule has 3 rings (SSSR count). The van der Waals surface area contributed by atoms with Crippen LogP contribution in [-0.4, -0.2) is 29.6 Å². The summed E-state index contributed by atoms with van der Waals surface area (Å²) in [7, 11) is 1.72. The Labute approximate surface area is 113 Å². The highest BCUT2D eigenvalue weighted by Gasteiger charge is 2.38. The van der Waals surface area contributed by atoms with Crippen molar-refractivity contribution in [3.8, 4) is 0 Å². The van der Waals surface area contributed by atoms with Crippen LogP contribution in [0.2, 0.25) is 0 Å². The number of fused-ring (bicyclic) bond motifs is 1. The van der Waals surface area contributed by atoms with Gasteiger partial charge in [-0.25, -0.2) is 0 Å². The zero-order valence-electron chi connectivity index (χ0n) is 10.0. The van der Waals surface area contributed by atoms with Crippen molar-refractivity contribution in [1.82, 2.24) is 29.6 Å². The first-order valence-corrected chi connectivity index (χ1v) is 6.21. The molecule has 0 spiro atoms. The molecule has 1 atom stereocenters. The molecule has 0 aliphatic carbocycles. The van der Waals surface area contributed by atoms with Crippen molar-refractivity contribution in [2.24, 2.45) is 12.8 Å². The molecule has 3 aromatic rings. The third-order valence-electron chi connectivity index (χ3n) is 2.61. The smallest absolute Gasteiger partial charge is 0.318 e. The summed E-state index contributed by atoms with van der Waals surface area (Å²) in [5.41, 5.74) is 6.62. The van der Waals surface area contributed by atoms with Crippen LogP contribution in [-0.2, 0) is 13.2 Å². The number of nitrogens with zero attached hydrogens (tertiary/aromatic N) is 6. The van der Waals surface area contributed by atoms with Gasteiger partial charge in [-0.1, -0.05) is 11.3 Å². The van der Waals surface area contributed by atoms with Crippen LogP contribution in [0.3, 0.4) is 0 Å². The van der Waals surface area contributed by atoms with Crippen LogP contribution in [0.4, 0.5) is 13.2 Å². The van der Waals surface area contributed by atoms with E-state index >= 15 is 0 Å². The molecule has 0 fully saturated rings. The third kappa shape index (κ3) is 2.04. The molecule has 0 aliphatic heterocycles. The van der Waals surface area contributed by atoms with E-state index in [4.69, 9.17) is 5.73 Å². The van der Waals surface area contributed by atoms with Gasteiger partial charge in [0.15, 0.2) is 0 Å². The number of aryl methyl sites for hydroxylation is 1. The molecule has 0 saturated heterocycles. The van der Waals surface area contributed by atoms with Crippen LogP contribution in [0.1, 0.15) is 22.4 Å². The van der Waals surface area contributed by atoms with E-state index in [2.05, 4.69) is 20.4 Å². The van der Waals surface area contributed by atoms with E-state index in [-0.39, 0.29) is 4.96 Å². The molecule has 20 heavy (non-hydrogen) atoms. The van der Waals surface area contributed by atoms with E-state index in [1.807, 2.05) is 0 Å². The van der Waals surface area contributed by atoms with Crippen LogP contribution in [0.25, 0.3) is 4.96 Å². The van der Waals surface area contributed by atoms with Crippen molar-refractivity contribution in [2.75, 3.05) is 0 Å². The van der Waals surface area contributed by atoms with Gasteiger partial charge in [0.05, 0.1) is 12.2 Å². The molecule has 3 heterocycles. The second-order valence-electron chi connectivity index (χ2n) is 4.08. The Morgan fingerprint density at radius 3 is 2.70 bits per heavy atom. The summed E-state index contributed by atoms with van der Waals surface area (Å²) < 4.78 is 40.3. The normalized spacial score (nSPS) is 14.1. The summed E-state index contributed by atoms with van der Waals surface area (Å²) in [6, 6.07) is -0.656. The number of rotatable bonds is 2. The van der Waals surface area contributed by atoms with Crippen molar-refractivity contribution < 1.29 is 13.2 Å². The van der Waals surface area contributed by atoms with Gasteiger partial charge in [0.1, 0.15) is 5.01 Å². The maximum atomic E-state index is 12.7. The van der Waals surface area contributed by atoms with Gasteiger partial charge in [-0.05, 0) is 0 Å². The fourth-order valence-corrected chi connectivity index (χ4v) is 2.55. The fraction of sp³-hybridized carbons (Fsp3) is 0.333. The van der Waals surface area contributed by atoms with E-state index in [0.29, 0.717) is 15.1 Å². The lowest BCUT2D eigenvalue weighted by Crippen LogP contribution is -2.14. The van der Waals surface area contributed by atoms with Gasteiger partial charge < -0.3 is 5.73 Å². The molecule has 3 aromatic heterocycles. The van der Waals surface area contributed by atoms with Crippen LogP contribution in [0.15, 0.2) is 12.4 Å². The highest BCUT2D eigenvalue weighted by Crippen LogP contribution is 2.30. The van der Waals surface area contributed by atoms with Gasteiger partial charge in [0.2, 0.25) is 4.96 Å². The minimum atomic E-state index is -4.61. The first-order valence-electron chi connectivity index (χ1n) is 5.39. The van der Waals surface area contributed by atoms with E-state index in [9.17, 15) is 13.2 Å². The minimum Gasteiger partial charge on any atom is -0.318 e. The van der Waals surface area contributed by atoms with Crippen molar-refractivity contribution in [3.05, 3.63) is 28.8 Å². The first kappa shape index (κ1) is 13.0. The predicted molar refractivity (Wildman–Crippen MR) is 62.9 cm³/mol. The Balaban J connectivity index is 2.03. The largest absolute Gasteiger partial charge is 0.453 e. The number of hydrogen-bond donors (Lipinski definition) is 1. The van der Waals surface area contributed by atoms with Gasteiger partial charge in [-0.2, -0.15) is 27.9 Å². The Bertz CT molecular complexity index is 755. The summed E-state index contributed by atoms with van der Waals surface area (Å²) in [6.07, 6.45) is -1.39. The van der Waals surface area contributed by atoms with E-state index < -0.39 is 18.0 Å². The summed E-state index contributed by atoms with van der Waals surface area (Å²) >= 11 is 0.963. The maximum absolute atomic E-state index is 12.7. The lowest BCUT2D eigenvalue weighted by atomic mass is 10.2. The molecule has 0 radical (unpaired) electrons. The second-order valence-corrected chi connectivity index (χ2v) is 5.07. The number of hydrogen-bond acceptors (Lipinski definition) is 6. The fourth-order valence-electron chi connectivity index (χ4n) is 1.68. The second kappa shape index (κ2) is 4.24. The molecule has 0 bridgehead atoms. The molecule has 7 nitrogen and oxygen atoms in total. The highest BCUT2D eigenvalue weighted by atomic mass is 32.1. The number of nitrogens with two attached hydrogens (primary N) is 1. The van der Waals surface area contributed by atoms with Gasteiger partial charge in [0.25, 0.3) is 5.82 Å². The maximum Gasteiger partial charge on any atom is 0.453 e. The Morgan fingerprint density at radius 1 is 1.35 bits per heavy atom. The van der Waals surface area contributed by atoms with E-state index in [1.54, 1.807) is 17.9 Å². The summed E-state index contributed by atoms with van der Waals surface area (Å²) in [6.45, 7) is 0. The van der Waals surface area contributed by atoms with Gasteiger partial charge in [-0.15, -0.1) is 10.2 Å². The van der Waals surface area contributed by atoms with E-state index in [0.717, 1.165) is 11.3 Å². The van der Waals surface area contributed by atoms with Crippen LogP contribution >= 0.6 is 11.3 Å². The molecule has 0 saturated carbocycles.